The fraction of sp³-hybridized carbons (Fsp3) is 0.875. The van der Waals surface area contributed by atoms with Gasteiger partial charge in [-0.3, -0.25) is 0 Å². The Kier molecular flexibility index (Phi) is 5.09. The molecule has 2 aliphatic carbocycles. The fourth-order valence-corrected chi connectivity index (χ4v) is 3.41. The summed E-state index contributed by atoms with van der Waals surface area (Å²) in [6, 6.07) is 1.51. The highest BCUT2D eigenvalue weighted by atomic mass is 15.0. The second-order valence-electron chi connectivity index (χ2n) is 6.29. The van der Waals surface area contributed by atoms with Gasteiger partial charge in [0.25, 0.3) is 0 Å². The summed E-state index contributed by atoms with van der Waals surface area (Å²) in [5.74, 6) is 0.707. The summed E-state index contributed by atoms with van der Waals surface area (Å²) >= 11 is 0. The Morgan fingerprint density at radius 2 is 1.71 bits per heavy atom. The van der Waals surface area contributed by atoms with Crippen molar-refractivity contribution >= 4 is 0 Å². The zero-order valence-electron chi connectivity index (χ0n) is 11.7. The van der Waals surface area contributed by atoms with Gasteiger partial charge < -0.3 is 5.32 Å². The summed E-state index contributed by atoms with van der Waals surface area (Å²) in [4.78, 5) is 0. The molecule has 0 heterocycles. The molecule has 2 fully saturated rings. The minimum absolute atomic E-state index is 0.703. The van der Waals surface area contributed by atoms with Crippen LogP contribution in [-0.4, -0.2) is 12.1 Å². The SMILES string of the molecule is CC(C)C=C1CCCC[C@H]1NC1CCCCC1. The lowest BCUT2D eigenvalue weighted by Gasteiger charge is -2.33. The van der Waals surface area contributed by atoms with Gasteiger partial charge in [0.1, 0.15) is 0 Å². The lowest BCUT2D eigenvalue weighted by atomic mass is 9.86. The molecule has 1 heteroatoms. The van der Waals surface area contributed by atoms with Crippen LogP contribution in [-0.2, 0) is 0 Å². The highest BCUT2D eigenvalue weighted by Crippen LogP contribution is 2.27. The molecule has 0 spiro atoms. The van der Waals surface area contributed by atoms with Crippen molar-refractivity contribution in [2.75, 3.05) is 0 Å². The Morgan fingerprint density at radius 3 is 2.41 bits per heavy atom. The first kappa shape index (κ1) is 13.1. The predicted molar refractivity (Wildman–Crippen MR) is 75.2 cm³/mol. The highest BCUT2D eigenvalue weighted by Gasteiger charge is 2.22. The van der Waals surface area contributed by atoms with Crippen LogP contribution in [0.15, 0.2) is 11.6 Å². The Bertz CT molecular complexity index is 248. The minimum atomic E-state index is 0.703. The summed E-state index contributed by atoms with van der Waals surface area (Å²) in [5, 5.41) is 3.94. The van der Waals surface area contributed by atoms with Gasteiger partial charge in [-0.25, -0.2) is 0 Å². The molecule has 0 aromatic heterocycles. The Labute approximate surface area is 107 Å². The average molecular weight is 235 g/mol. The predicted octanol–water partition coefficient (Wildman–Crippen LogP) is 4.43. The van der Waals surface area contributed by atoms with E-state index in [9.17, 15) is 0 Å². The van der Waals surface area contributed by atoms with Crippen LogP contribution < -0.4 is 5.32 Å². The topological polar surface area (TPSA) is 12.0 Å². The van der Waals surface area contributed by atoms with E-state index >= 15 is 0 Å². The molecule has 1 N–H and O–H groups in total. The molecule has 0 aromatic rings. The molecule has 0 amide bonds. The molecule has 1 atom stereocenters. The zero-order valence-corrected chi connectivity index (χ0v) is 11.7. The maximum absolute atomic E-state index is 3.94. The number of hydrogen-bond donors (Lipinski definition) is 1. The van der Waals surface area contributed by atoms with E-state index in [1.165, 1.54) is 57.8 Å². The smallest absolute Gasteiger partial charge is 0.0282 e. The van der Waals surface area contributed by atoms with Gasteiger partial charge in [0.05, 0.1) is 0 Å². The molecular weight excluding hydrogens is 206 g/mol. The third-order valence-electron chi connectivity index (χ3n) is 4.25. The Morgan fingerprint density at radius 1 is 1.00 bits per heavy atom. The van der Waals surface area contributed by atoms with Crippen LogP contribution in [0.4, 0.5) is 0 Å². The van der Waals surface area contributed by atoms with E-state index in [-0.39, 0.29) is 0 Å². The van der Waals surface area contributed by atoms with Crippen molar-refractivity contribution in [1.82, 2.24) is 5.32 Å². The molecule has 0 saturated heterocycles. The first-order valence-electron chi connectivity index (χ1n) is 7.72. The number of rotatable bonds is 3. The number of nitrogens with one attached hydrogen (secondary N) is 1. The minimum Gasteiger partial charge on any atom is -0.308 e. The van der Waals surface area contributed by atoms with Crippen LogP contribution in [0.3, 0.4) is 0 Å². The first-order valence-corrected chi connectivity index (χ1v) is 7.72. The summed E-state index contributed by atoms with van der Waals surface area (Å²) in [5.41, 5.74) is 1.71. The van der Waals surface area contributed by atoms with Gasteiger partial charge in [-0.1, -0.05) is 51.2 Å². The normalized spacial score (nSPS) is 30.1. The van der Waals surface area contributed by atoms with Crippen molar-refractivity contribution in [1.29, 1.82) is 0 Å². The third kappa shape index (κ3) is 4.13. The van der Waals surface area contributed by atoms with Crippen molar-refractivity contribution in [3.05, 3.63) is 11.6 Å². The van der Waals surface area contributed by atoms with Crippen molar-refractivity contribution in [2.24, 2.45) is 5.92 Å². The van der Waals surface area contributed by atoms with Gasteiger partial charge in [-0.05, 0) is 38.0 Å². The average Bonchev–Trinajstić information content (AvgIpc) is 2.32. The van der Waals surface area contributed by atoms with E-state index in [0.717, 1.165) is 6.04 Å². The van der Waals surface area contributed by atoms with Crippen LogP contribution in [0.25, 0.3) is 0 Å². The standard InChI is InChI=1S/C16H29N/c1-13(2)12-14-8-6-7-11-16(14)17-15-9-4-3-5-10-15/h12-13,15-17H,3-11H2,1-2H3/t16-/m1/s1. The summed E-state index contributed by atoms with van der Waals surface area (Å²) in [6.45, 7) is 4.61. The van der Waals surface area contributed by atoms with E-state index < -0.39 is 0 Å². The van der Waals surface area contributed by atoms with Gasteiger partial charge in [0.2, 0.25) is 0 Å². The monoisotopic (exact) mass is 235 g/mol. The van der Waals surface area contributed by atoms with Gasteiger partial charge in [-0.2, -0.15) is 0 Å². The van der Waals surface area contributed by atoms with Gasteiger partial charge in [0.15, 0.2) is 0 Å². The zero-order chi connectivity index (χ0) is 12.1. The molecule has 0 aromatic carbocycles. The maximum atomic E-state index is 3.94. The second kappa shape index (κ2) is 6.58. The molecule has 0 unspecified atom stereocenters. The molecule has 2 saturated carbocycles. The summed E-state index contributed by atoms with van der Waals surface area (Å²) < 4.78 is 0. The molecule has 17 heavy (non-hydrogen) atoms. The molecule has 2 aliphatic rings. The Hall–Kier alpha value is -0.300. The van der Waals surface area contributed by atoms with Crippen LogP contribution in [0.2, 0.25) is 0 Å². The molecular formula is C16H29N. The van der Waals surface area contributed by atoms with Crippen molar-refractivity contribution < 1.29 is 0 Å². The van der Waals surface area contributed by atoms with E-state index in [4.69, 9.17) is 0 Å². The number of hydrogen-bond acceptors (Lipinski definition) is 1. The quantitative estimate of drug-likeness (QED) is 0.713. The van der Waals surface area contributed by atoms with Crippen molar-refractivity contribution in [3.8, 4) is 0 Å². The van der Waals surface area contributed by atoms with Gasteiger partial charge in [0, 0.05) is 12.1 Å². The molecule has 98 valence electrons. The lowest BCUT2D eigenvalue weighted by molar-refractivity contribution is 0.326. The van der Waals surface area contributed by atoms with Crippen LogP contribution in [0.5, 0.6) is 0 Å². The summed E-state index contributed by atoms with van der Waals surface area (Å²) in [7, 11) is 0. The molecule has 0 aliphatic heterocycles. The van der Waals surface area contributed by atoms with E-state index in [0.29, 0.717) is 12.0 Å². The van der Waals surface area contributed by atoms with E-state index in [2.05, 4.69) is 25.2 Å². The van der Waals surface area contributed by atoms with Crippen LogP contribution >= 0.6 is 0 Å². The second-order valence-corrected chi connectivity index (χ2v) is 6.29. The fourth-order valence-electron chi connectivity index (χ4n) is 3.41. The maximum Gasteiger partial charge on any atom is 0.0282 e. The first-order chi connectivity index (χ1) is 8.25. The Balaban J connectivity index is 1.91. The molecule has 2 rings (SSSR count). The van der Waals surface area contributed by atoms with Crippen molar-refractivity contribution in [2.45, 2.75) is 83.7 Å². The van der Waals surface area contributed by atoms with Gasteiger partial charge >= 0.3 is 0 Å². The molecule has 1 nitrogen and oxygen atoms in total. The lowest BCUT2D eigenvalue weighted by Crippen LogP contribution is -2.41. The van der Waals surface area contributed by atoms with Gasteiger partial charge in [-0.15, -0.1) is 0 Å². The van der Waals surface area contributed by atoms with Crippen LogP contribution in [0.1, 0.15) is 71.6 Å². The third-order valence-corrected chi connectivity index (χ3v) is 4.25. The van der Waals surface area contributed by atoms with Crippen molar-refractivity contribution in [3.63, 3.8) is 0 Å². The van der Waals surface area contributed by atoms with E-state index in [1.807, 2.05) is 0 Å². The van der Waals surface area contributed by atoms with E-state index in [1.54, 1.807) is 5.57 Å². The molecule has 0 radical (unpaired) electrons. The largest absolute Gasteiger partial charge is 0.308 e. The van der Waals surface area contributed by atoms with Crippen LogP contribution in [0, 0.1) is 5.92 Å². The molecule has 0 bridgehead atoms. The number of allylic oxidation sites excluding steroid dienone is 1. The summed E-state index contributed by atoms with van der Waals surface area (Å²) in [6.07, 6.45) is 15.2. The highest BCUT2D eigenvalue weighted by molar-refractivity contribution is 5.14.